The molecule has 78 valence electrons. The molecule has 2 N–H and O–H groups in total. The average molecular weight is 208 g/mol. The molecule has 3 nitrogen and oxygen atoms in total. The van der Waals surface area contributed by atoms with E-state index >= 15 is 0 Å². The first-order chi connectivity index (χ1) is 6.27. The molecular formula is C9H18ClNO2. The Hall–Kier alpha value is -0.280. The molecule has 0 saturated heterocycles. The highest BCUT2D eigenvalue weighted by molar-refractivity contribution is 6.17. The van der Waals surface area contributed by atoms with Crippen LogP contribution in [0.4, 0.5) is 0 Å². The topological polar surface area (TPSA) is 49.3 Å². The van der Waals surface area contributed by atoms with E-state index in [-0.39, 0.29) is 6.42 Å². The van der Waals surface area contributed by atoms with Crippen LogP contribution in [-0.2, 0) is 4.79 Å². The normalized spacial score (nSPS) is 10.2. The second-order valence-electron chi connectivity index (χ2n) is 3.00. The lowest BCUT2D eigenvalue weighted by Gasteiger charge is -2.02. The van der Waals surface area contributed by atoms with Gasteiger partial charge in [0.1, 0.15) is 0 Å². The average Bonchev–Trinajstić information content (AvgIpc) is 2.09. The summed E-state index contributed by atoms with van der Waals surface area (Å²) in [4.78, 5) is 10.1. The van der Waals surface area contributed by atoms with Crippen LogP contribution in [-0.4, -0.2) is 30.0 Å². The van der Waals surface area contributed by atoms with E-state index in [0.29, 0.717) is 0 Å². The van der Waals surface area contributed by atoms with Crippen molar-refractivity contribution in [1.82, 2.24) is 5.32 Å². The van der Waals surface area contributed by atoms with Crippen molar-refractivity contribution >= 4 is 17.6 Å². The zero-order valence-electron chi connectivity index (χ0n) is 7.89. The fourth-order valence-electron chi connectivity index (χ4n) is 0.996. The molecule has 0 fully saturated rings. The summed E-state index contributed by atoms with van der Waals surface area (Å²) in [6.07, 6.45) is 4.13. The van der Waals surface area contributed by atoms with E-state index in [0.717, 1.165) is 44.7 Å². The lowest BCUT2D eigenvalue weighted by atomic mass is 10.2. The predicted molar refractivity (Wildman–Crippen MR) is 54.3 cm³/mol. The van der Waals surface area contributed by atoms with Crippen molar-refractivity contribution in [1.29, 1.82) is 0 Å². The molecular weight excluding hydrogens is 190 g/mol. The molecule has 0 aromatic carbocycles. The third kappa shape index (κ3) is 11.7. The van der Waals surface area contributed by atoms with Crippen LogP contribution in [0.2, 0.25) is 0 Å². The molecule has 13 heavy (non-hydrogen) atoms. The van der Waals surface area contributed by atoms with Crippen molar-refractivity contribution in [3.8, 4) is 0 Å². The van der Waals surface area contributed by atoms with Gasteiger partial charge in [-0.05, 0) is 38.8 Å². The third-order valence-electron chi connectivity index (χ3n) is 1.73. The Morgan fingerprint density at radius 2 is 1.77 bits per heavy atom. The fraction of sp³-hybridized carbons (Fsp3) is 0.889. The molecule has 0 aliphatic rings. The Bertz CT molecular complexity index is 131. The van der Waals surface area contributed by atoms with E-state index in [4.69, 9.17) is 16.7 Å². The lowest BCUT2D eigenvalue weighted by Crippen LogP contribution is -2.16. The monoisotopic (exact) mass is 207 g/mol. The molecule has 0 aliphatic heterocycles. The van der Waals surface area contributed by atoms with E-state index in [1.807, 2.05) is 0 Å². The van der Waals surface area contributed by atoms with E-state index in [1.165, 1.54) is 0 Å². The van der Waals surface area contributed by atoms with Crippen LogP contribution in [0.3, 0.4) is 0 Å². The number of carboxylic acids is 1. The number of rotatable bonds is 9. The zero-order chi connectivity index (χ0) is 9.94. The SMILES string of the molecule is O=C(O)CCCCNCCCCCl. The molecule has 0 aliphatic carbocycles. The number of hydrogen-bond acceptors (Lipinski definition) is 2. The van der Waals surface area contributed by atoms with Crippen LogP contribution in [0.1, 0.15) is 32.1 Å². The summed E-state index contributed by atoms with van der Waals surface area (Å²) in [6.45, 7) is 1.90. The van der Waals surface area contributed by atoms with Crippen LogP contribution < -0.4 is 5.32 Å². The van der Waals surface area contributed by atoms with E-state index in [9.17, 15) is 4.79 Å². The van der Waals surface area contributed by atoms with Crippen LogP contribution in [0.25, 0.3) is 0 Å². The molecule has 0 aromatic heterocycles. The molecule has 0 saturated carbocycles. The van der Waals surface area contributed by atoms with Gasteiger partial charge in [-0.15, -0.1) is 11.6 Å². The summed E-state index contributed by atoms with van der Waals surface area (Å²) in [7, 11) is 0. The minimum absolute atomic E-state index is 0.281. The van der Waals surface area contributed by atoms with Crippen molar-refractivity contribution in [2.24, 2.45) is 0 Å². The van der Waals surface area contributed by atoms with E-state index in [2.05, 4.69) is 5.32 Å². The predicted octanol–water partition coefficient (Wildman–Crippen LogP) is 1.85. The first-order valence-electron chi connectivity index (χ1n) is 4.76. The number of carboxylic acid groups (broad SMARTS) is 1. The van der Waals surface area contributed by atoms with Crippen LogP contribution >= 0.6 is 11.6 Å². The minimum Gasteiger partial charge on any atom is -0.481 e. The number of carbonyl (C=O) groups is 1. The third-order valence-corrected chi connectivity index (χ3v) is 2.00. The molecule has 0 heterocycles. The molecule has 0 radical (unpaired) electrons. The van der Waals surface area contributed by atoms with Gasteiger partial charge in [-0.25, -0.2) is 0 Å². The maximum Gasteiger partial charge on any atom is 0.303 e. The van der Waals surface area contributed by atoms with Crippen LogP contribution in [0.5, 0.6) is 0 Å². The van der Waals surface area contributed by atoms with Crippen molar-refractivity contribution < 1.29 is 9.90 Å². The van der Waals surface area contributed by atoms with Gasteiger partial charge in [0.15, 0.2) is 0 Å². The van der Waals surface area contributed by atoms with Crippen molar-refractivity contribution in [3.63, 3.8) is 0 Å². The Kier molecular flexibility index (Phi) is 9.59. The molecule has 4 heteroatoms. The fourth-order valence-corrected chi connectivity index (χ4v) is 1.18. The first-order valence-corrected chi connectivity index (χ1v) is 5.29. The number of alkyl halides is 1. The van der Waals surface area contributed by atoms with E-state index in [1.54, 1.807) is 0 Å². The summed E-state index contributed by atoms with van der Waals surface area (Å²) in [5.74, 6) is 0.0166. The summed E-state index contributed by atoms with van der Waals surface area (Å²) in [5, 5.41) is 11.6. The van der Waals surface area contributed by atoms with Gasteiger partial charge in [0.2, 0.25) is 0 Å². The molecule has 0 atom stereocenters. The zero-order valence-corrected chi connectivity index (χ0v) is 8.65. The molecule has 0 amide bonds. The molecule has 0 rings (SSSR count). The molecule has 0 unspecified atom stereocenters. The van der Waals surface area contributed by atoms with Gasteiger partial charge in [0.25, 0.3) is 0 Å². The highest BCUT2D eigenvalue weighted by Crippen LogP contribution is 1.94. The maximum atomic E-state index is 10.1. The van der Waals surface area contributed by atoms with Crippen LogP contribution in [0.15, 0.2) is 0 Å². The van der Waals surface area contributed by atoms with Gasteiger partial charge in [0.05, 0.1) is 0 Å². The number of nitrogens with one attached hydrogen (secondary N) is 1. The maximum absolute atomic E-state index is 10.1. The van der Waals surface area contributed by atoms with Crippen molar-refractivity contribution in [3.05, 3.63) is 0 Å². The summed E-state index contributed by atoms with van der Waals surface area (Å²) in [6, 6.07) is 0. The Morgan fingerprint density at radius 3 is 2.31 bits per heavy atom. The van der Waals surface area contributed by atoms with Crippen molar-refractivity contribution in [2.45, 2.75) is 32.1 Å². The van der Waals surface area contributed by atoms with Gasteiger partial charge in [-0.1, -0.05) is 0 Å². The Labute approximate surface area is 84.5 Å². The Balaban J connectivity index is 2.87. The summed E-state index contributed by atoms with van der Waals surface area (Å²) in [5.41, 5.74) is 0. The van der Waals surface area contributed by atoms with Crippen molar-refractivity contribution in [2.75, 3.05) is 19.0 Å². The highest BCUT2D eigenvalue weighted by Gasteiger charge is 1.95. The second kappa shape index (κ2) is 9.81. The standard InChI is InChI=1S/C9H18ClNO2/c10-6-2-4-8-11-7-3-1-5-9(12)13/h11H,1-8H2,(H,12,13). The quantitative estimate of drug-likeness (QED) is 0.448. The van der Waals surface area contributed by atoms with Gasteiger partial charge < -0.3 is 10.4 Å². The number of halogens is 1. The largest absolute Gasteiger partial charge is 0.481 e. The summed E-state index contributed by atoms with van der Waals surface area (Å²) >= 11 is 5.51. The van der Waals surface area contributed by atoms with Crippen LogP contribution in [0, 0.1) is 0 Å². The smallest absolute Gasteiger partial charge is 0.303 e. The highest BCUT2D eigenvalue weighted by atomic mass is 35.5. The number of hydrogen-bond donors (Lipinski definition) is 2. The molecule has 0 bridgehead atoms. The van der Waals surface area contributed by atoms with Gasteiger partial charge >= 0.3 is 5.97 Å². The number of unbranched alkanes of at least 4 members (excludes halogenated alkanes) is 2. The van der Waals surface area contributed by atoms with Gasteiger partial charge in [0, 0.05) is 12.3 Å². The van der Waals surface area contributed by atoms with Gasteiger partial charge in [-0.3, -0.25) is 4.79 Å². The van der Waals surface area contributed by atoms with E-state index < -0.39 is 5.97 Å². The second-order valence-corrected chi connectivity index (χ2v) is 3.37. The Morgan fingerprint density at radius 1 is 1.15 bits per heavy atom. The molecule has 0 spiro atoms. The molecule has 0 aromatic rings. The summed E-state index contributed by atoms with van der Waals surface area (Å²) < 4.78 is 0. The first kappa shape index (κ1) is 12.7. The lowest BCUT2D eigenvalue weighted by molar-refractivity contribution is -0.137. The minimum atomic E-state index is -0.706. The number of aliphatic carboxylic acids is 1. The van der Waals surface area contributed by atoms with Gasteiger partial charge in [-0.2, -0.15) is 0 Å².